The largest absolute Gasteiger partial charge is 0.477 e. The number of allylic oxidation sites excluding steroid dienone is 1. The molecule has 0 saturated carbocycles. The van der Waals surface area contributed by atoms with E-state index in [1.807, 2.05) is 6.07 Å². The molecule has 1 aromatic heterocycles. The molecule has 1 aliphatic heterocycles. The summed E-state index contributed by atoms with van der Waals surface area (Å²) < 4.78 is 5.84. The normalized spacial score (nSPS) is 19.1. The molecule has 2 N–H and O–H groups in total. The van der Waals surface area contributed by atoms with Crippen molar-refractivity contribution < 1.29 is 19.1 Å². The molecular weight excluding hydrogens is 296 g/mol. The quantitative estimate of drug-likeness (QED) is 0.778. The van der Waals surface area contributed by atoms with Crippen LogP contribution in [0.1, 0.15) is 16.9 Å². The highest BCUT2D eigenvalue weighted by molar-refractivity contribution is 6.23. The highest BCUT2D eigenvalue weighted by atomic mass is 16.4. The first-order valence-electron chi connectivity index (χ1n) is 7.00. The number of nitriles is 1. The Morgan fingerprint density at radius 2 is 2.26 bits per heavy atom. The monoisotopic (exact) mass is 306 g/mol. The third-order valence-electron chi connectivity index (χ3n) is 4.18. The number of aliphatic carboxylic acids is 1. The predicted molar refractivity (Wildman–Crippen MR) is 80.3 cm³/mol. The zero-order chi connectivity index (χ0) is 16.1. The Hall–Kier alpha value is -3.33. The van der Waals surface area contributed by atoms with Crippen LogP contribution in [0.5, 0.6) is 0 Å². The number of carbonyl (C=O) groups excluding carboxylic acids is 1. The van der Waals surface area contributed by atoms with Crippen molar-refractivity contribution in [3.05, 3.63) is 52.9 Å². The number of carbonyl (C=O) groups is 2. The van der Waals surface area contributed by atoms with E-state index in [0.717, 1.165) is 10.9 Å². The lowest BCUT2D eigenvalue weighted by Gasteiger charge is -2.10. The minimum absolute atomic E-state index is 0.190. The van der Waals surface area contributed by atoms with Gasteiger partial charge in [0.2, 0.25) is 0 Å². The minimum Gasteiger partial charge on any atom is -0.477 e. The van der Waals surface area contributed by atoms with Crippen molar-refractivity contribution in [2.24, 2.45) is 0 Å². The van der Waals surface area contributed by atoms with Gasteiger partial charge in [-0.15, -0.1) is 0 Å². The number of furan rings is 1. The van der Waals surface area contributed by atoms with Crippen molar-refractivity contribution in [2.45, 2.75) is 12.5 Å². The summed E-state index contributed by atoms with van der Waals surface area (Å²) in [6.07, 6.45) is 3.17. The first-order chi connectivity index (χ1) is 11.1. The predicted octanol–water partition coefficient (Wildman–Crippen LogP) is 1.75. The molecule has 2 aromatic rings. The van der Waals surface area contributed by atoms with Crippen LogP contribution in [0.2, 0.25) is 0 Å². The number of carboxylic acid groups (broad SMARTS) is 1. The molecular formula is C17H10N2O4. The Morgan fingerprint density at radius 1 is 1.43 bits per heavy atom. The summed E-state index contributed by atoms with van der Waals surface area (Å²) in [5.74, 6) is -1.24. The molecule has 112 valence electrons. The van der Waals surface area contributed by atoms with Crippen molar-refractivity contribution in [2.75, 3.05) is 0 Å². The molecule has 23 heavy (non-hydrogen) atoms. The highest BCUT2D eigenvalue weighted by Crippen LogP contribution is 2.40. The molecule has 6 nitrogen and oxygen atoms in total. The van der Waals surface area contributed by atoms with E-state index in [1.54, 1.807) is 12.1 Å². The van der Waals surface area contributed by atoms with Crippen molar-refractivity contribution in [1.82, 2.24) is 5.32 Å². The number of nitrogens with zero attached hydrogens (tertiary/aromatic N) is 1. The Kier molecular flexibility index (Phi) is 2.66. The van der Waals surface area contributed by atoms with Gasteiger partial charge in [0.05, 0.1) is 17.7 Å². The SMILES string of the molecule is N#Cc1ccc2c3c(oc2c1)C1=CC(=O)C(C(=O)O)=CNC1C3. The summed E-state index contributed by atoms with van der Waals surface area (Å²) in [6, 6.07) is 7.09. The average Bonchev–Trinajstić information content (AvgIpc) is 2.97. The van der Waals surface area contributed by atoms with Gasteiger partial charge in [0.1, 0.15) is 16.9 Å². The third-order valence-corrected chi connectivity index (χ3v) is 4.18. The maximum Gasteiger partial charge on any atom is 0.341 e. The van der Waals surface area contributed by atoms with Crippen LogP contribution in [0.25, 0.3) is 16.5 Å². The molecule has 6 heteroatoms. The fourth-order valence-corrected chi connectivity index (χ4v) is 3.08. The van der Waals surface area contributed by atoms with Crippen molar-refractivity contribution in [1.29, 1.82) is 5.26 Å². The van der Waals surface area contributed by atoms with Gasteiger partial charge in [-0.1, -0.05) is 0 Å². The van der Waals surface area contributed by atoms with Gasteiger partial charge < -0.3 is 14.8 Å². The molecule has 1 aromatic carbocycles. The molecule has 0 bridgehead atoms. The number of hydrogen-bond donors (Lipinski definition) is 2. The zero-order valence-corrected chi connectivity index (χ0v) is 11.8. The summed E-state index contributed by atoms with van der Waals surface area (Å²) in [4.78, 5) is 23.2. The summed E-state index contributed by atoms with van der Waals surface area (Å²) >= 11 is 0. The second-order valence-corrected chi connectivity index (χ2v) is 5.48. The van der Waals surface area contributed by atoms with Gasteiger partial charge in [-0.2, -0.15) is 5.26 Å². The molecule has 4 rings (SSSR count). The Morgan fingerprint density at radius 3 is 3.00 bits per heavy atom. The Balaban J connectivity index is 1.86. The van der Waals surface area contributed by atoms with Crippen molar-refractivity contribution >= 4 is 28.3 Å². The molecule has 0 fully saturated rings. The van der Waals surface area contributed by atoms with Gasteiger partial charge in [0, 0.05) is 29.1 Å². The summed E-state index contributed by atoms with van der Waals surface area (Å²) in [6.45, 7) is 0. The van der Waals surface area contributed by atoms with E-state index in [1.165, 1.54) is 12.3 Å². The van der Waals surface area contributed by atoms with E-state index >= 15 is 0 Å². The Labute approximate surface area is 130 Å². The molecule has 0 radical (unpaired) electrons. The second kappa shape index (κ2) is 4.58. The fourth-order valence-electron chi connectivity index (χ4n) is 3.08. The number of hydrogen-bond acceptors (Lipinski definition) is 5. The van der Waals surface area contributed by atoms with Gasteiger partial charge in [-0.05, 0) is 24.3 Å². The fraction of sp³-hybridized carbons (Fsp3) is 0.118. The zero-order valence-electron chi connectivity index (χ0n) is 11.8. The van der Waals surface area contributed by atoms with E-state index in [9.17, 15) is 9.59 Å². The van der Waals surface area contributed by atoms with Crippen LogP contribution in [0.3, 0.4) is 0 Å². The second-order valence-electron chi connectivity index (χ2n) is 5.48. The van der Waals surface area contributed by atoms with Crippen LogP contribution in [-0.4, -0.2) is 22.9 Å². The van der Waals surface area contributed by atoms with Crippen LogP contribution in [0, 0.1) is 11.3 Å². The van der Waals surface area contributed by atoms with E-state index in [4.69, 9.17) is 14.8 Å². The van der Waals surface area contributed by atoms with Crippen LogP contribution in [0.4, 0.5) is 0 Å². The van der Waals surface area contributed by atoms with E-state index in [0.29, 0.717) is 28.9 Å². The molecule has 1 aliphatic carbocycles. The number of fused-ring (bicyclic) bond motifs is 5. The first kappa shape index (κ1) is 13.3. The first-order valence-corrected chi connectivity index (χ1v) is 7.00. The average molecular weight is 306 g/mol. The van der Waals surface area contributed by atoms with Gasteiger partial charge in [0.15, 0.2) is 5.78 Å². The summed E-state index contributed by atoms with van der Waals surface area (Å²) in [5.41, 5.74) is 2.41. The van der Waals surface area contributed by atoms with E-state index < -0.39 is 11.8 Å². The maximum absolute atomic E-state index is 12.1. The van der Waals surface area contributed by atoms with Crippen molar-refractivity contribution in [3.8, 4) is 6.07 Å². The van der Waals surface area contributed by atoms with Crippen LogP contribution < -0.4 is 5.32 Å². The molecule has 2 aliphatic rings. The smallest absolute Gasteiger partial charge is 0.341 e. The molecule has 2 heterocycles. The van der Waals surface area contributed by atoms with Gasteiger partial charge in [-0.3, -0.25) is 4.79 Å². The topological polar surface area (TPSA) is 103 Å². The summed E-state index contributed by atoms with van der Waals surface area (Å²) in [7, 11) is 0. The van der Waals surface area contributed by atoms with Gasteiger partial charge in [-0.25, -0.2) is 4.79 Å². The summed E-state index contributed by atoms with van der Waals surface area (Å²) in [5, 5.41) is 21.9. The van der Waals surface area contributed by atoms with Crippen LogP contribution in [-0.2, 0) is 16.0 Å². The standard InChI is InChI=1S/C17H10N2O4/c18-6-8-1-2-9-10-4-13-11(16(10)23-15(9)3-8)5-14(20)12(7-19-13)17(21)22/h1-3,5,7,13,19H,4H2,(H,21,22). The number of ketones is 1. The van der Waals surface area contributed by atoms with Gasteiger partial charge in [0.25, 0.3) is 0 Å². The van der Waals surface area contributed by atoms with E-state index in [2.05, 4.69) is 11.4 Å². The lowest BCUT2D eigenvalue weighted by atomic mass is 10.1. The Bertz CT molecular complexity index is 988. The lowest BCUT2D eigenvalue weighted by molar-refractivity contribution is -0.134. The number of rotatable bonds is 1. The van der Waals surface area contributed by atoms with Crippen LogP contribution >= 0.6 is 0 Å². The molecule has 0 saturated heterocycles. The molecule has 1 unspecified atom stereocenters. The van der Waals surface area contributed by atoms with Crippen molar-refractivity contribution in [3.63, 3.8) is 0 Å². The molecule has 0 spiro atoms. The number of nitrogens with one attached hydrogen (secondary N) is 1. The molecule has 1 atom stereocenters. The van der Waals surface area contributed by atoms with Gasteiger partial charge >= 0.3 is 5.97 Å². The highest BCUT2D eigenvalue weighted by Gasteiger charge is 2.35. The van der Waals surface area contributed by atoms with E-state index in [-0.39, 0.29) is 11.6 Å². The molecule has 0 amide bonds. The van der Waals surface area contributed by atoms with Crippen LogP contribution in [0.15, 0.2) is 40.5 Å². The number of carboxylic acids is 1. The minimum atomic E-state index is -1.26. The third kappa shape index (κ3) is 1.87. The lowest BCUT2D eigenvalue weighted by Crippen LogP contribution is -2.24. The number of benzene rings is 1. The maximum atomic E-state index is 12.1.